The van der Waals surface area contributed by atoms with E-state index in [0.717, 1.165) is 0 Å². The Hall–Kier alpha value is -1.97. The van der Waals surface area contributed by atoms with Crippen LogP contribution in [0.3, 0.4) is 0 Å². The molecule has 1 rings (SSSR count). The van der Waals surface area contributed by atoms with Gasteiger partial charge < -0.3 is 4.74 Å². The number of carbonyl (C=O) groups excluding carboxylic acids is 2. The van der Waals surface area contributed by atoms with Crippen LogP contribution in [0.4, 0.5) is 4.39 Å². The van der Waals surface area contributed by atoms with Crippen molar-refractivity contribution < 1.29 is 18.7 Å². The van der Waals surface area contributed by atoms with Crippen molar-refractivity contribution in [3.63, 3.8) is 0 Å². The highest BCUT2D eigenvalue weighted by molar-refractivity contribution is 5.90. The molecule has 0 aliphatic rings. The SMILES string of the molecule is COC(=O)/C=C/c1cccc(C(=O)F)c1. The van der Waals surface area contributed by atoms with Gasteiger partial charge in [0.15, 0.2) is 0 Å². The van der Waals surface area contributed by atoms with Crippen molar-refractivity contribution >= 4 is 18.1 Å². The predicted octanol–water partition coefficient (Wildman–Crippen LogP) is 1.98. The fourth-order valence-electron chi connectivity index (χ4n) is 0.997. The first kappa shape index (κ1) is 11.1. The Balaban J connectivity index is 2.87. The molecule has 0 aromatic heterocycles. The van der Waals surface area contributed by atoms with Gasteiger partial charge in [-0.3, -0.25) is 4.79 Å². The van der Waals surface area contributed by atoms with Gasteiger partial charge in [-0.05, 0) is 23.8 Å². The smallest absolute Gasteiger partial charge is 0.332 e. The molecule has 0 aliphatic heterocycles. The summed E-state index contributed by atoms with van der Waals surface area (Å²) in [6, 6.07) is 4.39. The van der Waals surface area contributed by atoms with Crippen molar-refractivity contribution in [1.82, 2.24) is 0 Å². The molecule has 1 aromatic rings. The van der Waals surface area contributed by atoms with Gasteiger partial charge in [-0.1, -0.05) is 12.1 Å². The van der Waals surface area contributed by atoms with Crippen molar-refractivity contribution in [1.29, 1.82) is 0 Å². The Labute approximate surface area is 86.2 Å². The second-order valence-corrected chi connectivity index (χ2v) is 2.76. The van der Waals surface area contributed by atoms with Crippen molar-refractivity contribution in [2.75, 3.05) is 7.11 Å². The number of hydrogen-bond donors (Lipinski definition) is 0. The molecule has 1 aromatic carbocycles. The van der Waals surface area contributed by atoms with Gasteiger partial charge in [-0.15, -0.1) is 0 Å². The van der Waals surface area contributed by atoms with Crippen LogP contribution in [-0.2, 0) is 9.53 Å². The molecule has 15 heavy (non-hydrogen) atoms. The maximum absolute atomic E-state index is 12.3. The van der Waals surface area contributed by atoms with Crippen molar-refractivity contribution in [3.05, 3.63) is 41.5 Å². The molecular weight excluding hydrogens is 199 g/mol. The van der Waals surface area contributed by atoms with Gasteiger partial charge in [0.1, 0.15) is 0 Å². The summed E-state index contributed by atoms with van der Waals surface area (Å²) in [6.07, 6.45) is 2.64. The number of halogens is 1. The van der Waals surface area contributed by atoms with E-state index in [-0.39, 0.29) is 5.56 Å². The molecule has 0 saturated carbocycles. The minimum Gasteiger partial charge on any atom is -0.466 e. The number of rotatable bonds is 3. The van der Waals surface area contributed by atoms with Crippen LogP contribution >= 0.6 is 0 Å². The van der Waals surface area contributed by atoms with E-state index in [9.17, 15) is 14.0 Å². The van der Waals surface area contributed by atoms with E-state index in [1.807, 2.05) is 0 Å². The minimum atomic E-state index is -1.50. The molecule has 0 N–H and O–H groups in total. The highest BCUT2D eigenvalue weighted by atomic mass is 19.1. The van der Waals surface area contributed by atoms with Gasteiger partial charge in [-0.2, -0.15) is 4.39 Å². The standard InChI is InChI=1S/C11H9FO3/c1-15-10(13)6-5-8-3-2-4-9(7-8)11(12)14/h2-7H,1H3/b6-5+. The zero-order valence-electron chi connectivity index (χ0n) is 8.07. The molecule has 78 valence electrons. The van der Waals surface area contributed by atoms with Gasteiger partial charge in [0, 0.05) is 6.08 Å². The lowest BCUT2D eigenvalue weighted by Gasteiger charge is -1.95. The normalized spacial score (nSPS) is 10.3. The van der Waals surface area contributed by atoms with Crippen molar-refractivity contribution in [2.24, 2.45) is 0 Å². The summed E-state index contributed by atoms with van der Waals surface area (Å²) in [6.45, 7) is 0. The molecule has 3 nitrogen and oxygen atoms in total. The quantitative estimate of drug-likeness (QED) is 0.433. The highest BCUT2D eigenvalue weighted by Gasteiger charge is 2.02. The number of hydrogen-bond acceptors (Lipinski definition) is 3. The summed E-state index contributed by atoms with van der Waals surface area (Å²) in [5.41, 5.74) is 0.519. The molecule has 0 fully saturated rings. The number of esters is 1. The third-order valence-corrected chi connectivity index (χ3v) is 1.73. The van der Waals surface area contributed by atoms with E-state index >= 15 is 0 Å². The molecule has 0 amide bonds. The van der Waals surface area contributed by atoms with Gasteiger partial charge in [0.25, 0.3) is 0 Å². The number of carbonyl (C=O) groups is 2. The van der Waals surface area contributed by atoms with Crippen LogP contribution in [0.1, 0.15) is 15.9 Å². The van der Waals surface area contributed by atoms with Crippen LogP contribution in [0.25, 0.3) is 6.08 Å². The number of benzene rings is 1. The largest absolute Gasteiger partial charge is 0.466 e. The second kappa shape index (κ2) is 5.05. The van der Waals surface area contributed by atoms with Crippen LogP contribution in [-0.4, -0.2) is 19.1 Å². The van der Waals surface area contributed by atoms with Crippen LogP contribution in [0.2, 0.25) is 0 Å². The first-order valence-electron chi connectivity index (χ1n) is 4.19. The average Bonchev–Trinajstić information content (AvgIpc) is 2.26. The lowest BCUT2D eigenvalue weighted by atomic mass is 10.1. The molecule has 0 spiro atoms. The third-order valence-electron chi connectivity index (χ3n) is 1.73. The van der Waals surface area contributed by atoms with Crippen molar-refractivity contribution in [2.45, 2.75) is 0 Å². The molecule has 0 bridgehead atoms. The second-order valence-electron chi connectivity index (χ2n) is 2.76. The average molecular weight is 208 g/mol. The first-order chi connectivity index (χ1) is 7.13. The van der Waals surface area contributed by atoms with Gasteiger partial charge in [-0.25, -0.2) is 4.79 Å². The van der Waals surface area contributed by atoms with Crippen LogP contribution < -0.4 is 0 Å². The summed E-state index contributed by atoms with van der Waals surface area (Å²) in [4.78, 5) is 21.2. The van der Waals surface area contributed by atoms with Crippen LogP contribution in [0.15, 0.2) is 30.3 Å². The lowest BCUT2D eigenvalue weighted by molar-refractivity contribution is -0.134. The summed E-state index contributed by atoms with van der Waals surface area (Å²) < 4.78 is 16.7. The first-order valence-corrected chi connectivity index (χ1v) is 4.19. The van der Waals surface area contributed by atoms with E-state index in [1.165, 1.54) is 37.5 Å². The molecule has 4 heteroatoms. The Kier molecular flexibility index (Phi) is 3.74. The molecular formula is C11H9FO3. The van der Waals surface area contributed by atoms with Crippen LogP contribution in [0.5, 0.6) is 0 Å². The fourth-order valence-corrected chi connectivity index (χ4v) is 0.997. The Morgan fingerprint density at radius 3 is 2.73 bits per heavy atom. The maximum Gasteiger partial charge on any atom is 0.332 e. The molecule has 0 atom stereocenters. The number of methoxy groups -OCH3 is 1. The number of ether oxygens (including phenoxy) is 1. The van der Waals surface area contributed by atoms with Gasteiger partial charge >= 0.3 is 12.0 Å². The zero-order valence-corrected chi connectivity index (χ0v) is 8.07. The monoisotopic (exact) mass is 208 g/mol. The lowest BCUT2D eigenvalue weighted by Crippen LogP contribution is -1.94. The predicted molar refractivity (Wildman–Crippen MR) is 52.9 cm³/mol. The topological polar surface area (TPSA) is 43.4 Å². The van der Waals surface area contributed by atoms with E-state index < -0.39 is 12.0 Å². The van der Waals surface area contributed by atoms with Crippen molar-refractivity contribution in [3.8, 4) is 0 Å². The molecule has 0 radical (unpaired) electrons. The Morgan fingerprint density at radius 2 is 2.13 bits per heavy atom. The zero-order chi connectivity index (χ0) is 11.3. The Morgan fingerprint density at radius 1 is 1.40 bits per heavy atom. The summed E-state index contributed by atoms with van der Waals surface area (Å²) in [5.74, 6) is -0.507. The summed E-state index contributed by atoms with van der Waals surface area (Å²) >= 11 is 0. The molecule has 0 aliphatic carbocycles. The van der Waals surface area contributed by atoms with E-state index in [2.05, 4.69) is 4.74 Å². The minimum absolute atomic E-state index is 0.0398. The van der Waals surface area contributed by atoms with E-state index in [4.69, 9.17) is 0 Å². The maximum atomic E-state index is 12.3. The fraction of sp³-hybridized carbons (Fsp3) is 0.0909. The third kappa shape index (κ3) is 3.34. The highest BCUT2D eigenvalue weighted by Crippen LogP contribution is 2.08. The molecule has 0 saturated heterocycles. The Bertz CT molecular complexity index is 410. The summed E-state index contributed by atoms with van der Waals surface area (Å²) in [5, 5.41) is 0. The van der Waals surface area contributed by atoms with Crippen LogP contribution in [0, 0.1) is 0 Å². The van der Waals surface area contributed by atoms with Gasteiger partial charge in [0.2, 0.25) is 0 Å². The van der Waals surface area contributed by atoms with Gasteiger partial charge in [0.05, 0.1) is 12.7 Å². The van der Waals surface area contributed by atoms with E-state index in [0.29, 0.717) is 5.56 Å². The molecule has 0 unspecified atom stereocenters. The summed E-state index contributed by atoms with van der Waals surface area (Å²) in [7, 11) is 1.26. The molecule has 0 heterocycles. The van der Waals surface area contributed by atoms with E-state index in [1.54, 1.807) is 6.07 Å².